The summed E-state index contributed by atoms with van der Waals surface area (Å²) in [6.45, 7) is 3.85. The van der Waals surface area contributed by atoms with Gasteiger partial charge in [-0.3, -0.25) is 4.79 Å². The summed E-state index contributed by atoms with van der Waals surface area (Å²) in [4.78, 5) is 13.2. The molecule has 116 valence electrons. The molecule has 1 rings (SSSR count). The predicted molar refractivity (Wildman–Crippen MR) is 86.0 cm³/mol. The zero-order chi connectivity index (χ0) is 16.7. The summed E-state index contributed by atoms with van der Waals surface area (Å²) in [7, 11) is 4.64. The van der Waals surface area contributed by atoms with Crippen LogP contribution in [0.4, 0.5) is 0 Å². The van der Waals surface area contributed by atoms with Crippen LogP contribution in [0.1, 0.15) is 5.56 Å². The van der Waals surface area contributed by atoms with E-state index < -0.39 is 0 Å². The summed E-state index contributed by atoms with van der Waals surface area (Å²) in [5.41, 5.74) is 0.572. The maximum atomic E-state index is 11.9. The zero-order valence-electron chi connectivity index (χ0n) is 12.7. The van der Waals surface area contributed by atoms with E-state index in [1.807, 2.05) is 6.07 Å². The largest absolute Gasteiger partial charge is 0.493 e. The van der Waals surface area contributed by atoms with Crippen molar-refractivity contribution >= 4 is 23.6 Å². The molecule has 0 atom stereocenters. The molecule has 0 saturated carbocycles. The molecular formula is C16H17ClN2O3. The van der Waals surface area contributed by atoms with Gasteiger partial charge in [0.1, 0.15) is 18.2 Å². The number of nitriles is 1. The van der Waals surface area contributed by atoms with E-state index in [4.69, 9.17) is 26.3 Å². The molecule has 0 aliphatic carbocycles. The van der Waals surface area contributed by atoms with E-state index in [1.54, 1.807) is 32.3 Å². The van der Waals surface area contributed by atoms with Crippen molar-refractivity contribution < 1.29 is 14.3 Å². The third-order valence-electron chi connectivity index (χ3n) is 2.67. The van der Waals surface area contributed by atoms with E-state index in [9.17, 15) is 4.79 Å². The average Bonchev–Trinajstić information content (AvgIpc) is 2.50. The fourth-order valence-corrected chi connectivity index (χ4v) is 1.93. The van der Waals surface area contributed by atoms with Crippen molar-refractivity contribution in [1.29, 1.82) is 5.26 Å². The van der Waals surface area contributed by atoms with E-state index in [0.717, 1.165) is 0 Å². The molecule has 0 heterocycles. The maximum Gasteiger partial charge on any atom is 0.264 e. The van der Waals surface area contributed by atoms with E-state index in [0.29, 0.717) is 22.1 Å². The first-order chi connectivity index (χ1) is 10.4. The smallest absolute Gasteiger partial charge is 0.264 e. The van der Waals surface area contributed by atoms with E-state index >= 15 is 0 Å². The van der Waals surface area contributed by atoms with Crippen LogP contribution in [0.15, 0.2) is 30.4 Å². The summed E-state index contributed by atoms with van der Waals surface area (Å²) < 4.78 is 10.7. The van der Waals surface area contributed by atoms with Gasteiger partial charge in [0.25, 0.3) is 5.91 Å². The van der Waals surface area contributed by atoms with Gasteiger partial charge < -0.3 is 14.4 Å². The molecule has 0 bridgehead atoms. The highest BCUT2D eigenvalue weighted by molar-refractivity contribution is 6.32. The minimum absolute atomic E-state index is 0.00267. The van der Waals surface area contributed by atoms with Crippen molar-refractivity contribution in [2.75, 3.05) is 27.8 Å². The van der Waals surface area contributed by atoms with Gasteiger partial charge in [-0.1, -0.05) is 24.3 Å². The molecule has 1 aromatic carbocycles. The predicted octanol–water partition coefficient (Wildman–Crippen LogP) is 2.91. The van der Waals surface area contributed by atoms with Crippen LogP contribution in [0.5, 0.6) is 11.5 Å². The van der Waals surface area contributed by atoms with Gasteiger partial charge in [0, 0.05) is 14.1 Å². The van der Waals surface area contributed by atoms with Gasteiger partial charge in [0.05, 0.1) is 12.1 Å². The first-order valence-corrected chi connectivity index (χ1v) is 6.77. The first-order valence-electron chi connectivity index (χ1n) is 6.39. The normalized spacial score (nSPS) is 10.6. The zero-order valence-corrected chi connectivity index (χ0v) is 13.5. The quantitative estimate of drug-likeness (QED) is 0.459. The Kier molecular flexibility index (Phi) is 6.48. The van der Waals surface area contributed by atoms with Gasteiger partial charge >= 0.3 is 0 Å². The second-order valence-corrected chi connectivity index (χ2v) is 4.91. The summed E-state index contributed by atoms with van der Waals surface area (Å²) in [5, 5.41) is 9.43. The van der Waals surface area contributed by atoms with Gasteiger partial charge in [-0.05, 0) is 23.8 Å². The molecule has 1 aromatic rings. The Balaban J connectivity index is 3.27. The molecule has 5 nitrogen and oxygen atoms in total. The number of likely N-dealkylation sites (N-methyl/N-ethyl adjacent to an activating group) is 1. The molecule has 0 aromatic heterocycles. The van der Waals surface area contributed by atoms with E-state index in [1.165, 1.54) is 18.1 Å². The number of rotatable bonds is 6. The number of carbonyl (C=O) groups excluding carboxylic acids is 1. The fourth-order valence-electron chi connectivity index (χ4n) is 1.65. The van der Waals surface area contributed by atoms with Crippen LogP contribution in [0, 0.1) is 11.3 Å². The van der Waals surface area contributed by atoms with Gasteiger partial charge in [-0.15, -0.1) is 0 Å². The van der Waals surface area contributed by atoms with Gasteiger partial charge in [0.15, 0.2) is 11.5 Å². The molecule has 0 fully saturated rings. The minimum Gasteiger partial charge on any atom is -0.493 e. The molecule has 6 heteroatoms. The average molecular weight is 321 g/mol. The van der Waals surface area contributed by atoms with Crippen molar-refractivity contribution in [2.24, 2.45) is 0 Å². The second-order valence-electron chi connectivity index (χ2n) is 4.50. The lowest BCUT2D eigenvalue weighted by atomic mass is 10.1. The highest BCUT2D eigenvalue weighted by Gasteiger charge is 2.14. The molecular weight excluding hydrogens is 304 g/mol. The Bertz CT molecular complexity index is 646. The van der Waals surface area contributed by atoms with Crippen LogP contribution in [0.3, 0.4) is 0 Å². The number of benzene rings is 1. The third-order valence-corrected chi connectivity index (χ3v) is 2.95. The second kappa shape index (κ2) is 8.11. The number of hydrogen-bond acceptors (Lipinski definition) is 4. The van der Waals surface area contributed by atoms with Crippen LogP contribution >= 0.6 is 11.6 Å². The van der Waals surface area contributed by atoms with Crippen LogP contribution in [-0.2, 0) is 4.79 Å². The monoisotopic (exact) mass is 320 g/mol. The summed E-state index contributed by atoms with van der Waals surface area (Å²) in [6.07, 6.45) is 3.04. The van der Waals surface area contributed by atoms with Crippen molar-refractivity contribution in [2.45, 2.75) is 0 Å². The summed E-state index contributed by atoms with van der Waals surface area (Å²) >= 11 is 6.17. The van der Waals surface area contributed by atoms with E-state index in [2.05, 4.69) is 6.58 Å². The lowest BCUT2D eigenvalue weighted by Crippen LogP contribution is -2.22. The summed E-state index contributed by atoms with van der Waals surface area (Å²) in [5.74, 6) is 0.415. The SMILES string of the molecule is C=CCOc1c(Cl)cc(/C=C(/C#N)C(=O)N(C)C)cc1OC. The van der Waals surface area contributed by atoms with Gasteiger partial charge in [-0.2, -0.15) is 5.26 Å². The van der Waals surface area contributed by atoms with Crippen molar-refractivity contribution in [3.05, 3.63) is 40.9 Å². The van der Waals surface area contributed by atoms with Crippen LogP contribution in [0.2, 0.25) is 5.02 Å². The number of ether oxygens (including phenoxy) is 2. The van der Waals surface area contributed by atoms with Crippen LogP contribution in [0.25, 0.3) is 6.08 Å². The lowest BCUT2D eigenvalue weighted by molar-refractivity contribution is -0.124. The molecule has 0 aliphatic rings. The van der Waals surface area contributed by atoms with Gasteiger partial charge in [0.2, 0.25) is 0 Å². The Morgan fingerprint density at radius 2 is 2.18 bits per heavy atom. The lowest BCUT2D eigenvalue weighted by Gasteiger charge is -2.13. The Labute approximate surface area is 135 Å². The number of methoxy groups -OCH3 is 1. The number of hydrogen-bond donors (Lipinski definition) is 0. The van der Waals surface area contributed by atoms with Gasteiger partial charge in [-0.25, -0.2) is 0 Å². The number of halogens is 1. The Morgan fingerprint density at radius 1 is 1.50 bits per heavy atom. The molecule has 1 amide bonds. The first kappa shape index (κ1) is 17.6. The van der Waals surface area contributed by atoms with Crippen LogP contribution in [-0.4, -0.2) is 38.6 Å². The molecule has 0 saturated heterocycles. The van der Waals surface area contributed by atoms with Crippen LogP contribution < -0.4 is 9.47 Å². The third kappa shape index (κ3) is 4.27. The standard InChI is InChI=1S/C16H17ClN2O3/c1-5-6-22-15-13(17)8-11(9-14(15)21-4)7-12(10-18)16(20)19(2)3/h5,7-9H,1,6H2,2-4H3/b12-7-. The topological polar surface area (TPSA) is 62.6 Å². The van der Waals surface area contributed by atoms with E-state index in [-0.39, 0.29) is 18.1 Å². The number of amides is 1. The van der Waals surface area contributed by atoms with Crippen molar-refractivity contribution in [3.8, 4) is 17.6 Å². The number of carbonyl (C=O) groups is 1. The highest BCUT2D eigenvalue weighted by Crippen LogP contribution is 2.37. The molecule has 0 radical (unpaired) electrons. The minimum atomic E-state index is -0.385. The highest BCUT2D eigenvalue weighted by atomic mass is 35.5. The molecule has 0 spiro atoms. The molecule has 22 heavy (non-hydrogen) atoms. The molecule has 0 unspecified atom stereocenters. The Morgan fingerprint density at radius 3 is 2.68 bits per heavy atom. The summed E-state index contributed by atoms with van der Waals surface area (Å²) in [6, 6.07) is 5.12. The Hall–Kier alpha value is -2.45. The number of nitrogens with zero attached hydrogens (tertiary/aromatic N) is 2. The fraction of sp³-hybridized carbons (Fsp3) is 0.250. The van der Waals surface area contributed by atoms with Crippen molar-refractivity contribution in [3.63, 3.8) is 0 Å². The van der Waals surface area contributed by atoms with Crippen molar-refractivity contribution in [1.82, 2.24) is 4.90 Å². The maximum absolute atomic E-state index is 11.9. The molecule has 0 N–H and O–H groups in total. The molecule has 0 aliphatic heterocycles.